The van der Waals surface area contributed by atoms with Gasteiger partial charge in [-0.25, -0.2) is 0 Å². The molecular weight excluding hydrogens is 230 g/mol. The monoisotopic (exact) mass is 255 g/mol. The minimum atomic E-state index is 0.540. The summed E-state index contributed by atoms with van der Waals surface area (Å²) in [6, 6.07) is 2.65. The Morgan fingerprint density at radius 2 is 2.18 bits per heavy atom. The molecule has 3 nitrogen and oxygen atoms in total. The molecule has 0 saturated carbocycles. The molecule has 0 radical (unpaired) electrons. The lowest BCUT2D eigenvalue weighted by Gasteiger charge is -2.17. The van der Waals surface area contributed by atoms with Crippen LogP contribution in [-0.4, -0.2) is 33.9 Å². The fourth-order valence-corrected chi connectivity index (χ4v) is 2.88. The van der Waals surface area contributed by atoms with Crippen molar-refractivity contribution < 1.29 is 0 Å². The maximum atomic E-state index is 4.44. The van der Waals surface area contributed by atoms with Gasteiger partial charge in [-0.15, -0.1) is 0 Å². The van der Waals surface area contributed by atoms with E-state index in [1.54, 1.807) is 0 Å². The highest BCUT2D eigenvalue weighted by Crippen LogP contribution is 2.11. The van der Waals surface area contributed by atoms with E-state index in [0.717, 1.165) is 18.9 Å². The first-order chi connectivity index (χ1) is 8.11. The summed E-state index contributed by atoms with van der Waals surface area (Å²) in [5.41, 5.74) is 1.18. The average Bonchev–Trinajstić information content (AvgIpc) is 2.63. The first-order valence-corrected chi connectivity index (χ1v) is 7.57. The minimum Gasteiger partial charge on any atom is -0.313 e. The minimum absolute atomic E-state index is 0.540. The molecule has 1 N–H and O–H groups in total. The summed E-state index contributed by atoms with van der Waals surface area (Å²) >= 11 is 2.04. The number of aryl methyl sites for hydroxylation is 1. The average molecular weight is 255 g/mol. The first-order valence-electron chi connectivity index (χ1n) is 6.41. The Balaban J connectivity index is 2.37. The summed E-state index contributed by atoms with van der Waals surface area (Å²) < 4.78 is 1.87. The number of aromatic nitrogens is 2. The summed E-state index contributed by atoms with van der Waals surface area (Å²) in [4.78, 5) is 0. The summed E-state index contributed by atoms with van der Waals surface area (Å²) in [5, 5.41) is 7.99. The Kier molecular flexibility index (Phi) is 6.66. The third-order valence-electron chi connectivity index (χ3n) is 2.49. The quantitative estimate of drug-likeness (QED) is 0.773. The van der Waals surface area contributed by atoms with Gasteiger partial charge in [0.2, 0.25) is 0 Å². The number of nitrogens with zero attached hydrogens (tertiary/aromatic N) is 2. The predicted molar refractivity (Wildman–Crippen MR) is 76.5 cm³/mol. The highest BCUT2D eigenvalue weighted by atomic mass is 32.2. The second-order valence-corrected chi connectivity index (χ2v) is 5.95. The fraction of sp³-hybridized carbons (Fsp3) is 0.769. The standard InChI is InChI=1S/C13H25N3S/c1-5-14-13(10-17-9-11(2)3)8-12-6-7-16(4)15-12/h6-7,11,13-14H,5,8-10H2,1-4H3. The van der Waals surface area contributed by atoms with Crippen molar-refractivity contribution in [1.82, 2.24) is 15.1 Å². The van der Waals surface area contributed by atoms with E-state index in [-0.39, 0.29) is 0 Å². The van der Waals surface area contributed by atoms with Crippen molar-refractivity contribution in [3.8, 4) is 0 Å². The van der Waals surface area contributed by atoms with Gasteiger partial charge in [0.15, 0.2) is 0 Å². The SMILES string of the molecule is CCNC(CSCC(C)C)Cc1ccn(C)n1. The number of rotatable bonds is 8. The Morgan fingerprint density at radius 3 is 2.71 bits per heavy atom. The second-order valence-electron chi connectivity index (χ2n) is 4.87. The lowest BCUT2D eigenvalue weighted by Crippen LogP contribution is -2.33. The van der Waals surface area contributed by atoms with Crippen LogP contribution in [0.2, 0.25) is 0 Å². The molecule has 1 aromatic rings. The van der Waals surface area contributed by atoms with E-state index in [1.807, 2.05) is 29.7 Å². The zero-order valence-corrected chi connectivity index (χ0v) is 12.3. The van der Waals surface area contributed by atoms with Crippen LogP contribution >= 0.6 is 11.8 Å². The first kappa shape index (κ1) is 14.6. The highest BCUT2D eigenvalue weighted by molar-refractivity contribution is 7.99. The van der Waals surface area contributed by atoms with Crippen LogP contribution in [0.5, 0.6) is 0 Å². The van der Waals surface area contributed by atoms with Crippen LogP contribution in [0.3, 0.4) is 0 Å². The molecule has 0 fully saturated rings. The van der Waals surface area contributed by atoms with Gasteiger partial charge in [0, 0.05) is 31.5 Å². The molecule has 0 aliphatic heterocycles. The predicted octanol–water partition coefficient (Wildman–Crippen LogP) is 2.33. The van der Waals surface area contributed by atoms with Crippen molar-refractivity contribution >= 4 is 11.8 Å². The van der Waals surface area contributed by atoms with Crippen LogP contribution in [-0.2, 0) is 13.5 Å². The van der Waals surface area contributed by atoms with Crippen LogP contribution < -0.4 is 5.32 Å². The molecule has 0 aliphatic carbocycles. The summed E-state index contributed by atoms with van der Waals surface area (Å²) in [5.74, 6) is 3.18. The molecule has 1 heterocycles. The van der Waals surface area contributed by atoms with Gasteiger partial charge in [-0.2, -0.15) is 16.9 Å². The molecule has 0 bridgehead atoms. The molecule has 0 amide bonds. The summed E-state index contributed by atoms with van der Waals surface area (Å²) in [6.45, 7) is 7.74. The number of thioether (sulfide) groups is 1. The van der Waals surface area contributed by atoms with Crippen molar-refractivity contribution in [2.24, 2.45) is 13.0 Å². The van der Waals surface area contributed by atoms with Crippen molar-refractivity contribution in [2.75, 3.05) is 18.1 Å². The van der Waals surface area contributed by atoms with Crippen LogP contribution in [0.4, 0.5) is 0 Å². The van der Waals surface area contributed by atoms with Crippen molar-refractivity contribution in [3.63, 3.8) is 0 Å². The van der Waals surface area contributed by atoms with Crippen LogP contribution in [0, 0.1) is 5.92 Å². The van der Waals surface area contributed by atoms with E-state index in [4.69, 9.17) is 0 Å². The fourth-order valence-electron chi connectivity index (χ4n) is 1.75. The molecule has 4 heteroatoms. The van der Waals surface area contributed by atoms with Crippen LogP contribution in [0.1, 0.15) is 26.5 Å². The molecule has 1 atom stereocenters. The van der Waals surface area contributed by atoms with E-state index in [1.165, 1.54) is 17.2 Å². The Labute approximate surface area is 109 Å². The third kappa shape index (κ3) is 6.13. The van der Waals surface area contributed by atoms with Gasteiger partial charge in [-0.1, -0.05) is 20.8 Å². The molecule has 0 saturated heterocycles. The summed E-state index contributed by atoms with van der Waals surface area (Å²) in [6.07, 6.45) is 3.04. The summed E-state index contributed by atoms with van der Waals surface area (Å²) in [7, 11) is 1.97. The van der Waals surface area contributed by atoms with Crippen molar-refractivity contribution in [2.45, 2.75) is 33.2 Å². The Hall–Kier alpha value is -0.480. The zero-order valence-electron chi connectivity index (χ0n) is 11.4. The van der Waals surface area contributed by atoms with E-state index in [0.29, 0.717) is 6.04 Å². The smallest absolute Gasteiger partial charge is 0.0640 e. The Morgan fingerprint density at radius 1 is 1.41 bits per heavy atom. The maximum absolute atomic E-state index is 4.44. The largest absolute Gasteiger partial charge is 0.313 e. The van der Waals surface area contributed by atoms with Crippen molar-refractivity contribution in [3.05, 3.63) is 18.0 Å². The molecule has 98 valence electrons. The van der Waals surface area contributed by atoms with E-state index in [2.05, 4.69) is 37.3 Å². The molecule has 0 spiro atoms. The number of nitrogens with one attached hydrogen (secondary N) is 1. The van der Waals surface area contributed by atoms with Crippen LogP contribution in [0.15, 0.2) is 12.3 Å². The van der Waals surface area contributed by atoms with Gasteiger partial charge in [-0.3, -0.25) is 4.68 Å². The van der Waals surface area contributed by atoms with Gasteiger partial charge < -0.3 is 5.32 Å². The molecule has 1 aromatic heterocycles. The maximum Gasteiger partial charge on any atom is 0.0640 e. The third-order valence-corrected chi connectivity index (χ3v) is 4.03. The van der Waals surface area contributed by atoms with Gasteiger partial charge >= 0.3 is 0 Å². The Bertz CT molecular complexity index is 309. The lowest BCUT2D eigenvalue weighted by atomic mass is 10.2. The zero-order chi connectivity index (χ0) is 12.7. The van der Waals surface area contributed by atoms with E-state index >= 15 is 0 Å². The number of likely N-dealkylation sites (N-methyl/N-ethyl adjacent to an activating group) is 1. The second kappa shape index (κ2) is 7.77. The van der Waals surface area contributed by atoms with Crippen molar-refractivity contribution in [1.29, 1.82) is 0 Å². The molecule has 1 rings (SSSR count). The highest BCUT2D eigenvalue weighted by Gasteiger charge is 2.10. The molecule has 1 unspecified atom stereocenters. The van der Waals surface area contributed by atoms with Gasteiger partial charge in [0.1, 0.15) is 0 Å². The van der Waals surface area contributed by atoms with Gasteiger partial charge in [0.05, 0.1) is 5.69 Å². The van der Waals surface area contributed by atoms with Crippen LogP contribution in [0.25, 0.3) is 0 Å². The molecule has 17 heavy (non-hydrogen) atoms. The topological polar surface area (TPSA) is 29.9 Å². The van der Waals surface area contributed by atoms with Gasteiger partial charge in [-0.05, 0) is 24.3 Å². The van der Waals surface area contributed by atoms with E-state index in [9.17, 15) is 0 Å². The molecule has 0 aliphatic rings. The van der Waals surface area contributed by atoms with E-state index < -0.39 is 0 Å². The number of hydrogen-bond acceptors (Lipinski definition) is 3. The normalized spacial score (nSPS) is 13.2. The van der Waals surface area contributed by atoms with Gasteiger partial charge in [0.25, 0.3) is 0 Å². The molecular formula is C13H25N3S. The number of hydrogen-bond donors (Lipinski definition) is 1. The lowest BCUT2D eigenvalue weighted by molar-refractivity contribution is 0.561. The molecule has 0 aromatic carbocycles.